The molecule has 56 valence electrons. The third kappa shape index (κ3) is 2.10. The van der Waals surface area contributed by atoms with Crippen molar-refractivity contribution in [2.75, 3.05) is 0 Å². The number of hydrogen-bond acceptors (Lipinski definition) is 1. The summed E-state index contributed by atoms with van der Waals surface area (Å²) in [5.74, 6) is 0. The third-order valence-electron chi connectivity index (χ3n) is 2.43. The molecule has 0 rings (SSSR count). The van der Waals surface area contributed by atoms with Crippen LogP contribution in [0.3, 0.4) is 0 Å². The van der Waals surface area contributed by atoms with Gasteiger partial charge in [-0.1, -0.05) is 34.6 Å². The molecule has 0 aromatic carbocycles. The molecule has 0 bridgehead atoms. The van der Waals surface area contributed by atoms with E-state index in [1.54, 1.807) is 0 Å². The van der Waals surface area contributed by atoms with Crippen LogP contribution in [-0.4, -0.2) is 14.6 Å². The van der Waals surface area contributed by atoms with E-state index in [2.05, 4.69) is 34.6 Å². The largest absolute Gasteiger partial charge is 0.438 e. The molecular weight excluding hydrogens is 128 g/mol. The molecule has 1 nitrogen and oxygen atoms in total. The van der Waals surface area contributed by atoms with E-state index in [9.17, 15) is 0 Å². The molecule has 0 aromatic rings. The molecule has 0 spiro atoms. The minimum Gasteiger partial charge on any atom is -0.438 e. The van der Waals surface area contributed by atoms with Crippen LogP contribution in [0.5, 0.6) is 0 Å². The van der Waals surface area contributed by atoms with Crippen LogP contribution < -0.4 is 0 Å². The van der Waals surface area contributed by atoms with Crippen molar-refractivity contribution in [1.29, 1.82) is 0 Å². The molecule has 0 atom stereocenters. The van der Waals surface area contributed by atoms with Gasteiger partial charge < -0.3 is 4.80 Å². The van der Waals surface area contributed by atoms with Gasteiger partial charge in [-0.3, -0.25) is 0 Å². The summed E-state index contributed by atoms with van der Waals surface area (Å²) in [6, 6.07) is 0. The molecule has 0 aliphatic carbocycles. The van der Waals surface area contributed by atoms with E-state index in [0.29, 0.717) is 0 Å². The number of hydrogen-bond donors (Lipinski definition) is 1. The molecule has 0 unspecified atom stereocenters. The second-order valence-electron chi connectivity index (χ2n) is 4.29. The fourth-order valence-electron chi connectivity index (χ4n) is 0.237. The maximum atomic E-state index is 9.07. The SMILES string of the molecule is CC(C)(C)C(C)(C)[SiH2]O. The Bertz CT molecular complexity index is 91.6. The highest BCUT2D eigenvalue weighted by Gasteiger charge is 2.32. The summed E-state index contributed by atoms with van der Waals surface area (Å²) in [5.41, 5.74) is 0.258. The maximum Gasteiger partial charge on any atom is 0.162 e. The Morgan fingerprint density at radius 1 is 1.00 bits per heavy atom. The average molecular weight is 146 g/mol. The van der Waals surface area contributed by atoms with Crippen LogP contribution in [0.25, 0.3) is 0 Å². The van der Waals surface area contributed by atoms with Gasteiger partial charge in [-0.05, 0) is 10.5 Å². The minimum atomic E-state index is -0.862. The van der Waals surface area contributed by atoms with Gasteiger partial charge in [-0.25, -0.2) is 0 Å². The highest BCUT2D eigenvalue weighted by Crippen LogP contribution is 2.42. The van der Waals surface area contributed by atoms with Gasteiger partial charge in [0.25, 0.3) is 0 Å². The van der Waals surface area contributed by atoms with E-state index in [0.717, 1.165) is 0 Å². The Balaban J connectivity index is 4.14. The zero-order chi connectivity index (χ0) is 7.71. The summed E-state index contributed by atoms with van der Waals surface area (Å²) in [6.07, 6.45) is 0. The van der Waals surface area contributed by atoms with Gasteiger partial charge in [-0.2, -0.15) is 0 Å². The first-order valence-electron chi connectivity index (χ1n) is 3.42. The van der Waals surface area contributed by atoms with E-state index >= 15 is 0 Å². The Morgan fingerprint density at radius 3 is 1.33 bits per heavy atom. The van der Waals surface area contributed by atoms with Crippen LogP contribution in [0.15, 0.2) is 0 Å². The summed E-state index contributed by atoms with van der Waals surface area (Å²) in [7, 11) is -0.862. The molecule has 0 aromatic heterocycles. The van der Waals surface area contributed by atoms with E-state index in [-0.39, 0.29) is 10.5 Å². The van der Waals surface area contributed by atoms with Gasteiger partial charge in [0.1, 0.15) is 0 Å². The first-order chi connectivity index (χ1) is 3.81. The molecule has 0 aliphatic rings. The monoisotopic (exact) mass is 146 g/mol. The Labute approximate surface area is 60.4 Å². The lowest BCUT2D eigenvalue weighted by Crippen LogP contribution is -2.28. The second kappa shape index (κ2) is 2.43. The highest BCUT2D eigenvalue weighted by molar-refractivity contribution is 6.30. The van der Waals surface area contributed by atoms with Crippen molar-refractivity contribution in [2.45, 2.75) is 39.7 Å². The topological polar surface area (TPSA) is 20.2 Å². The van der Waals surface area contributed by atoms with Crippen LogP contribution in [0, 0.1) is 5.41 Å². The van der Waals surface area contributed by atoms with Gasteiger partial charge in [0, 0.05) is 0 Å². The maximum absolute atomic E-state index is 9.07. The normalized spacial score (nSPS) is 15.3. The fraction of sp³-hybridized carbons (Fsp3) is 1.00. The average Bonchev–Trinajstić information content (AvgIpc) is 1.64. The van der Waals surface area contributed by atoms with Crippen molar-refractivity contribution in [3.8, 4) is 0 Å². The Morgan fingerprint density at radius 2 is 1.33 bits per heavy atom. The first-order valence-corrected chi connectivity index (χ1v) is 4.76. The molecular formula is C7H18OSi. The molecule has 0 fully saturated rings. The van der Waals surface area contributed by atoms with Gasteiger partial charge in [0.15, 0.2) is 9.76 Å². The van der Waals surface area contributed by atoms with Gasteiger partial charge >= 0.3 is 0 Å². The lowest BCUT2D eigenvalue weighted by atomic mass is 9.82. The summed E-state index contributed by atoms with van der Waals surface area (Å²) in [5, 5.41) is 0.174. The minimum absolute atomic E-state index is 0.174. The first kappa shape index (κ1) is 9.18. The van der Waals surface area contributed by atoms with Crippen LogP contribution in [-0.2, 0) is 0 Å². The highest BCUT2D eigenvalue weighted by atomic mass is 28.2. The third-order valence-corrected chi connectivity index (χ3v) is 4.28. The van der Waals surface area contributed by atoms with E-state index in [4.69, 9.17) is 4.80 Å². The molecule has 0 aliphatic heterocycles. The van der Waals surface area contributed by atoms with Crippen LogP contribution >= 0.6 is 0 Å². The van der Waals surface area contributed by atoms with Crippen molar-refractivity contribution in [2.24, 2.45) is 5.41 Å². The second-order valence-corrected chi connectivity index (χ2v) is 6.38. The van der Waals surface area contributed by atoms with Gasteiger partial charge in [0.2, 0.25) is 0 Å². The van der Waals surface area contributed by atoms with Crippen molar-refractivity contribution >= 4 is 9.76 Å². The lowest BCUT2D eigenvalue weighted by Gasteiger charge is -2.36. The predicted molar refractivity (Wildman–Crippen MR) is 44.3 cm³/mol. The smallest absolute Gasteiger partial charge is 0.162 e. The Kier molecular flexibility index (Phi) is 2.47. The lowest BCUT2D eigenvalue weighted by molar-refractivity contribution is 0.280. The van der Waals surface area contributed by atoms with Crippen molar-refractivity contribution in [1.82, 2.24) is 0 Å². The molecule has 0 amide bonds. The Hall–Kier alpha value is 0.177. The summed E-state index contributed by atoms with van der Waals surface area (Å²) in [4.78, 5) is 9.07. The molecule has 0 saturated heterocycles. The van der Waals surface area contributed by atoms with Crippen molar-refractivity contribution in [3.63, 3.8) is 0 Å². The summed E-state index contributed by atoms with van der Waals surface area (Å²) in [6.45, 7) is 10.8. The van der Waals surface area contributed by atoms with Crippen molar-refractivity contribution < 1.29 is 4.80 Å². The summed E-state index contributed by atoms with van der Waals surface area (Å²) < 4.78 is 0. The quantitative estimate of drug-likeness (QED) is 0.553. The van der Waals surface area contributed by atoms with Crippen LogP contribution in [0.4, 0.5) is 0 Å². The molecule has 0 saturated carbocycles. The standard InChI is InChI=1S/C7H18OSi/c1-6(2,3)7(4,5)9-8/h8H,9H2,1-5H3. The molecule has 1 N–H and O–H groups in total. The zero-order valence-electron chi connectivity index (χ0n) is 7.15. The fourth-order valence-corrected chi connectivity index (χ4v) is 0.712. The molecule has 2 heteroatoms. The zero-order valence-corrected chi connectivity index (χ0v) is 8.57. The van der Waals surface area contributed by atoms with Crippen LogP contribution in [0.1, 0.15) is 34.6 Å². The van der Waals surface area contributed by atoms with E-state index in [1.807, 2.05) is 0 Å². The predicted octanol–water partition coefficient (Wildman–Crippen LogP) is 1.31. The van der Waals surface area contributed by atoms with Crippen molar-refractivity contribution in [3.05, 3.63) is 0 Å². The molecule has 9 heavy (non-hydrogen) atoms. The molecule has 0 heterocycles. The van der Waals surface area contributed by atoms with Gasteiger partial charge in [0.05, 0.1) is 0 Å². The van der Waals surface area contributed by atoms with E-state index < -0.39 is 9.76 Å². The summed E-state index contributed by atoms with van der Waals surface area (Å²) >= 11 is 0. The number of rotatable bonds is 1. The van der Waals surface area contributed by atoms with Gasteiger partial charge in [-0.15, -0.1) is 0 Å². The van der Waals surface area contributed by atoms with E-state index in [1.165, 1.54) is 0 Å². The van der Waals surface area contributed by atoms with Crippen LogP contribution in [0.2, 0.25) is 5.04 Å². The molecule has 0 radical (unpaired) electrons.